The van der Waals surface area contributed by atoms with Crippen molar-refractivity contribution in [3.05, 3.63) is 102 Å². The molecule has 2 heteroatoms. The van der Waals surface area contributed by atoms with E-state index in [4.69, 9.17) is 0 Å². The summed E-state index contributed by atoms with van der Waals surface area (Å²) in [6.07, 6.45) is 4.27. The summed E-state index contributed by atoms with van der Waals surface area (Å²) in [5.74, 6) is -0.854. The van der Waals surface area contributed by atoms with Crippen LogP contribution in [0, 0.1) is 5.92 Å². The van der Waals surface area contributed by atoms with E-state index in [0.717, 1.165) is 11.1 Å². The fourth-order valence-electron chi connectivity index (χ4n) is 3.02. The van der Waals surface area contributed by atoms with Crippen LogP contribution >= 0.6 is 0 Å². The van der Waals surface area contributed by atoms with Gasteiger partial charge in [0.15, 0.2) is 5.78 Å². The van der Waals surface area contributed by atoms with E-state index >= 15 is 0 Å². The van der Waals surface area contributed by atoms with Crippen LogP contribution in [0.2, 0.25) is 0 Å². The fourth-order valence-corrected chi connectivity index (χ4v) is 3.02. The molecule has 0 aliphatic heterocycles. The molecule has 1 unspecified atom stereocenters. The molecule has 1 atom stereocenters. The molecule has 0 heterocycles. The lowest BCUT2D eigenvalue weighted by atomic mass is 9.91. The lowest BCUT2D eigenvalue weighted by molar-refractivity contribution is -0.119. The Bertz CT molecular complexity index is 923. The summed E-state index contributed by atoms with van der Waals surface area (Å²) in [5, 5.41) is 0. The first-order valence-corrected chi connectivity index (χ1v) is 9.07. The van der Waals surface area contributed by atoms with E-state index in [-0.39, 0.29) is 11.6 Å². The molecule has 27 heavy (non-hydrogen) atoms. The molecule has 0 bridgehead atoms. The number of ketones is 2. The van der Waals surface area contributed by atoms with Gasteiger partial charge in [-0.15, -0.1) is 0 Å². The Morgan fingerprint density at radius 3 is 1.93 bits per heavy atom. The lowest BCUT2D eigenvalue weighted by Crippen LogP contribution is -2.21. The van der Waals surface area contributed by atoms with Crippen molar-refractivity contribution in [2.24, 2.45) is 5.92 Å². The highest BCUT2D eigenvalue weighted by Crippen LogP contribution is 2.20. The maximum absolute atomic E-state index is 12.6. The normalized spacial score (nSPS) is 12.0. The molecular weight excluding hydrogens is 332 g/mol. The van der Waals surface area contributed by atoms with Gasteiger partial charge in [-0.1, -0.05) is 97.1 Å². The van der Waals surface area contributed by atoms with Gasteiger partial charge >= 0.3 is 0 Å². The molecule has 0 amide bonds. The van der Waals surface area contributed by atoms with Crippen LogP contribution in [-0.2, 0) is 4.79 Å². The highest BCUT2D eigenvalue weighted by molar-refractivity contribution is 6.10. The first kappa shape index (κ1) is 18.5. The van der Waals surface area contributed by atoms with Crippen LogP contribution < -0.4 is 0 Å². The number of allylic oxidation sites excluding steroid dienone is 1. The zero-order valence-electron chi connectivity index (χ0n) is 15.3. The minimum absolute atomic E-state index is 0.104. The standard InChI is InChI=1S/C25H22O2/c1-19(26)24(25(27)23-12-6-3-7-13-23)14-8-9-20-15-17-22(18-16-20)21-10-4-2-5-11-21/h2-13,15-18,24H,14H2,1H3/b9-8+. The Morgan fingerprint density at radius 1 is 0.778 bits per heavy atom. The van der Waals surface area contributed by atoms with Crippen LogP contribution in [0.1, 0.15) is 29.3 Å². The number of hydrogen-bond acceptors (Lipinski definition) is 2. The Morgan fingerprint density at radius 2 is 1.33 bits per heavy atom. The van der Waals surface area contributed by atoms with Crippen molar-refractivity contribution >= 4 is 17.6 Å². The smallest absolute Gasteiger partial charge is 0.173 e. The van der Waals surface area contributed by atoms with E-state index < -0.39 is 5.92 Å². The van der Waals surface area contributed by atoms with Gasteiger partial charge in [0.1, 0.15) is 5.78 Å². The van der Waals surface area contributed by atoms with Gasteiger partial charge in [0.2, 0.25) is 0 Å². The highest BCUT2D eigenvalue weighted by Gasteiger charge is 2.22. The average molecular weight is 354 g/mol. The van der Waals surface area contributed by atoms with Crippen molar-refractivity contribution in [3.8, 4) is 11.1 Å². The molecule has 3 aromatic carbocycles. The zero-order valence-corrected chi connectivity index (χ0v) is 15.3. The molecule has 0 N–H and O–H groups in total. The maximum Gasteiger partial charge on any atom is 0.173 e. The minimum Gasteiger partial charge on any atom is -0.299 e. The van der Waals surface area contributed by atoms with E-state index in [1.807, 2.05) is 60.7 Å². The fraction of sp³-hybridized carbons (Fsp3) is 0.120. The van der Waals surface area contributed by atoms with Crippen molar-refractivity contribution in [1.29, 1.82) is 0 Å². The number of Topliss-reactive ketones (excluding diaryl/α,β-unsaturated/α-hetero) is 2. The topological polar surface area (TPSA) is 34.1 Å². The highest BCUT2D eigenvalue weighted by atomic mass is 16.1. The number of carbonyl (C=O) groups excluding carboxylic acids is 2. The largest absolute Gasteiger partial charge is 0.299 e. The SMILES string of the molecule is CC(=O)C(C/C=C/c1ccc(-c2ccccc2)cc1)C(=O)c1ccccc1. The Labute approximate surface area is 160 Å². The third kappa shape index (κ3) is 4.89. The molecule has 0 saturated heterocycles. The first-order chi connectivity index (χ1) is 13.1. The molecule has 0 radical (unpaired) electrons. The Balaban J connectivity index is 1.68. The molecule has 3 aromatic rings. The first-order valence-electron chi connectivity index (χ1n) is 9.07. The van der Waals surface area contributed by atoms with E-state index in [1.165, 1.54) is 12.5 Å². The van der Waals surface area contributed by atoms with E-state index in [9.17, 15) is 9.59 Å². The summed E-state index contributed by atoms with van der Waals surface area (Å²) < 4.78 is 0. The molecule has 0 fully saturated rings. The summed E-state index contributed by atoms with van der Waals surface area (Å²) in [6.45, 7) is 1.48. The van der Waals surface area contributed by atoms with Crippen LogP contribution in [0.25, 0.3) is 17.2 Å². The van der Waals surface area contributed by atoms with E-state index in [0.29, 0.717) is 12.0 Å². The molecule has 0 aliphatic rings. The molecular formula is C25H22O2. The van der Waals surface area contributed by atoms with Crippen LogP contribution in [-0.4, -0.2) is 11.6 Å². The van der Waals surface area contributed by atoms with Crippen LogP contribution in [0.3, 0.4) is 0 Å². The number of benzene rings is 3. The van der Waals surface area contributed by atoms with Gasteiger partial charge in [-0.3, -0.25) is 9.59 Å². The number of carbonyl (C=O) groups is 2. The molecule has 134 valence electrons. The lowest BCUT2D eigenvalue weighted by Gasteiger charge is -2.10. The second-order valence-electron chi connectivity index (χ2n) is 6.52. The van der Waals surface area contributed by atoms with Gasteiger partial charge in [0, 0.05) is 5.56 Å². The summed E-state index contributed by atoms with van der Waals surface area (Å²) >= 11 is 0. The molecule has 0 aromatic heterocycles. The van der Waals surface area contributed by atoms with Crippen molar-refractivity contribution in [1.82, 2.24) is 0 Å². The predicted molar refractivity (Wildman–Crippen MR) is 110 cm³/mol. The van der Waals surface area contributed by atoms with E-state index in [1.54, 1.807) is 12.1 Å². The second kappa shape index (κ2) is 8.91. The van der Waals surface area contributed by atoms with Crippen LogP contribution in [0.4, 0.5) is 0 Å². The summed E-state index contributed by atoms with van der Waals surface area (Å²) in [6, 6.07) is 27.4. The van der Waals surface area contributed by atoms with Crippen molar-refractivity contribution < 1.29 is 9.59 Å². The predicted octanol–water partition coefficient (Wildman–Crippen LogP) is 5.85. The van der Waals surface area contributed by atoms with E-state index in [2.05, 4.69) is 24.3 Å². The van der Waals surface area contributed by atoms with Crippen molar-refractivity contribution in [2.75, 3.05) is 0 Å². The van der Waals surface area contributed by atoms with Crippen molar-refractivity contribution in [2.45, 2.75) is 13.3 Å². The van der Waals surface area contributed by atoms with Gasteiger partial charge in [-0.05, 0) is 30.0 Å². The molecule has 2 nitrogen and oxygen atoms in total. The maximum atomic E-state index is 12.6. The summed E-state index contributed by atoms with van der Waals surface area (Å²) in [4.78, 5) is 24.5. The van der Waals surface area contributed by atoms with Gasteiger partial charge in [0.05, 0.1) is 5.92 Å². The van der Waals surface area contributed by atoms with Gasteiger partial charge in [-0.2, -0.15) is 0 Å². The Hall–Kier alpha value is -3.26. The number of hydrogen-bond donors (Lipinski definition) is 0. The van der Waals surface area contributed by atoms with Crippen molar-refractivity contribution in [3.63, 3.8) is 0 Å². The monoisotopic (exact) mass is 354 g/mol. The molecule has 0 saturated carbocycles. The van der Waals surface area contributed by atoms with Gasteiger partial charge in [0.25, 0.3) is 0 Å². The molecule has 3 rings (SSSR count). The minimum atomic E-state index is -0.632. The third-order valence-electron chi connectivity index (χ3n) is 4.57. The second-order valence-corrected chi connectivity index (χ2v) is 6.52. The molecule has 0 aliphatic carbocycles. The summed E-state index contributed by atoms with van der Waals surface area (Å²) in [5.41, 5.74) is 3.97. The number of rotatable bonds is 7. The van der Waals surface area contributed by atoms with Gasteiger partial charge in [-0.25, -0.2) is 0 Å². The van der Waals surface area contributed by atoms with Crippen LogP contribution in [0.15, 0.2) is 91.0 Å². The molecule has 0 spiro atoms. The summed E-state index contributed by atoms with van der Waals surface area (Å²) in [7, 11) is 0. The average Bonchev–Trinajstić information content (AvgIpc) is 2.72. The Kier molecular flexibility index (Phi) is 6.11. The third-order valence-corrected chi connectivity index (χ3v) is 4.57. The van der Waals surface area contributed by atoms with Gasteiger partial charge < -0.3 is 0 Å². The zero-order chi connectivity index (χ0) is 19.1. The quantitative estimate of drug-likeness (QED) is 0.394. The van der Waals surface area contributed by atoms with Crippen LogP contribution in [0.5, 0.6) is 0 Å².